The van der Waals surface area contributed by atoms with E-state index in [0.29, 0.717) is 0 Å². The van der Waals surface area contributed by atoms with Gasteiger partial charge < -0.3 is 0 Å². The monoisotopic (exact) mass is 349 g/mol. The molecular weight excluding hydrogens is 326 g/mol. The van der Waals surface area contributed by atoms with Gasteiger partial charge in [-0.05, 0) is 60.6 Å². The first-order valence-electron chi connectivity index (χ1n) is 9.16. The molecule has 2 aromatic carbocycles. The first kappa shape index (κ1) is 18.1. The van der Waals surface area contributed by atoms with E-state index in [0.717, 1.165) is 49.7 Å². The van der Waals surface area contributed by atoms with E-state index in [4.69, 9.17) is 0 Å². The van der Waals surface area contributed by atoms with Crippen LogP contribution in [0.5, 0.6) is 0 Å². The van der Waals surface area contributed by atoms with Crippen LogP contribution >= 0.6 is 0 Å². The number of hydrogen-bond acceptors (Lipinski definition) is 3. The van der Waals surface area contributed by atoms with E-state index < -0.39 is 4.92 Å². The SMILES string of the molecule is O=C1/C(=C/c2ccc([N+](=O)[O-])cc2)CCCCCC1Cc1ccccc1. The summed E-state index contributed by atoms with van der Waals surface area (Å²) in [4.78, 5) is 23.5. The summed E-state index contributed by atoms with van der Waals surface area (Å²) in [5.41, 5.74) is 2.96. The number of benzene rings is 2. The maximum atomic E-state index is 13.1. The Kier molecular flexibility index (Phi) is 5.95. The molecule has 0 heterocycles. The normalized spacial score (nSPS) is 19.8. The molecular formula is C22H23NO3. The molecule has 4 heteroatoms. The Labute approximate surface area is 153 Å². The molecule has 0 bridgehead atoms. The fourth-order valence-corrected chi connectivity index (χ4v) is 3.53. The second kappa shape index (κ2) is 8.56. The standard InChI is InChI=1S/C22H23NO3/c24-22-19(15-17-7-3-1-4-8-17)9-5-2-6-10-20(22)16-18-11-13-21(14-12-18)23(25)26/h1,3-4,7-8,11-14,16,19H,2,5-6,9-10,15H2/b20-16+. The third-order valence-corrected chi connectivity index (χ3v) is 4.96. The number of rotatable bonds is 4. The molecule has 0 aliphatic heterocycles. The third-order valence-electron chi connectivity index (χ3n) is 4.96. The van der Waals surface area contributed by atoms with Gasteiger partial charge in [-0.3, -0.25) is 14.9 Å². The van der Waals surface area contributed by atoms with Gasteiger partial charge in [0.25, 0.3) is 5.69 Å². The zero-order chi connectivity index (χ0) is 18.4. The number of carbonyl (C=O) groups is 1. The van der Waals surface area contributed by atoms with Gasteiger partial charge in [0.15, 0.2) is 5.78 Å². The van der Waals surface area contributed by atoms with E-state index in [1.54, 1.807) is 12.1 Å². The van der Waals surface area contributed by atoms with Crippen LogP contribution in [0.1, 0.15) is 43.2 Å². The van der Waals surface area contributed by atoms with Crippen LogP contribution in [-0.4, -0.2) is 10.7 Å². The number of hydrogen-bond donors (Lipinski definition) is 0. The van der Waals surface area contributed by atoms with Crippen LogP contribution in [0, 0.1) is 16.0 Å². The van der Waals surface area contributed by atoms with Crippen molar-refractivity contribution in [3.63, 3.8) is 0 Å². The Morgan fingerprint density at radius 1 is 1.00 bits per heavy atom. The summed E-state index contributed by atoms with van der Waals surface area (Å²) in [6.07, 6.45) is 7.63. The van der Waals surface area contributed by atoms with Crippen molar-refractivity contribution in [2.75, 3.05) is 0 Å². The summed E-state index contributed by atoms with van der Waals surface area (Å²) in [6, 6.07) is 16.6. The number of non-ortho nitro benzene ring substituents is 1. The smallest absolute Gasteiger partial charge is 0.269 e. The van der Waals surface area contributed by atoms with Crippen LogP contribution in [0.2, 0.25) is 0 Å². The molecule has 2 aromatic rings. The fraction of sp³-hybridized carbons (Fsp3) is 0.318. The van der Waals surface area contributed by atoms with Gasteiger partial charge in [0.05, 0.1) is 4.92 Å². The van der Waals surface area contributed by atoms with Crippen LogP contribution in [0.15, 0.2) is 60.2 Å². The van der Waals surface area contributed by atoms with Crippen molar-refractivity contribution >= 4 is 17.5 Å². The van der Waals surface area contributed by atoms with Gasteiger partial charge >= 0.3 is 0 Å². The highest BCUT2D eigenvalue weighted by atomic mass is 16.6. The number of Topliss-reactive ketones (excluding diaryl/α,β-unsaturated/α-hetero) is 1. The number of nitrogens with zero attached hydrogens (tertiary/aromatic N) is 1. The molecule has 4 nitrogen and oxygen atoms in total. The number of allylic oxidation sites excluding steroid dienone is 1. The van der Waals surface area contributed by atoms with Crippen molar-refractivity contribution in [1.29, 1.82) is 0 Å². The van der Waals surface area contributed by atoms with Crippen LogP contribution in [0.4, 0.5) is 5.69 Å². The topological polar surface area (TPSA) is 60.2 Å². The second-order valence-corrected chi connectivity index (χ2v) is 6.87. The van der Waals surface area contributed by atoms with Crippen LogP contribution in [0.3, 0.4) is 0 Å². The van der Waals surface area contributed by atoms with Crippen molar-refractivity contribution in [3.05, 3.63) is 81.4 Å². The molecule has 3 rings (SSSR count). The van der Waals surface area contributed by atoms with Crippen molar-refractivity contribution in [1.82, 2.24) is 0 Å². The predicted octanol–water partition coefficient (Wildman–Crippen LogP) is 5.37. The highest BCUT2D eigenvalue weighted by Crippen LogP contribution is 2.28. The molecule has 1 unspecified atom stereocenters. The molecule has 1 aliphatic rings. The van der Waals surface area contributed by atoms with Gasteiger partial charge in [-0.25, -0.2) is 0 Å². The predicted molar refractivity (Wildman–Crippen MR) is 103 cm³/mol. The van der Waals surface area contributed by atoms with Crippen molar-refractivity contribution in [2.45, 2.75) is 38.5 Å². The summed E-state index contributed by atoms with van der Waals surface area (Å²) in [5, 5.41) is 10.8. The largest absolute Gasteiger partial charge is 0.294 e. The minimum Gasteiger partial charge on any atom is -0.294 e. The maximum Gasteiger partial charge on any atom is 0.269 e. The summed E-state index contributed by atoms with van der Waals surface area (Å²) < 4.78 is 0. The molecule has 0 amide bonds. The summed E-state index contributed by atoms with van der Waals surface area (Å²) >= 11 is 0. The van der Waals surface area contributed by atoms with E-state index in [1.807, 2.05) is 24.3 Å². The van der Waals surface area contributed by atoms with Crippen molar-refractivity contribution in [2.24, 2.45) is 5.92 Å². The lowest BCUT2D eigenvalue weighted by Gasteiger charge is -2.21. The van der Waals surface area contributed by atoms with Gasteiger partial charge in [-0.2, -0.15) is 0 Å². The minimum atomic E-state index is -0.409. The Bertz CT molecular complexity index is 794. The molecule has 134 valence electrons. The number of carbonyl (C=O) groups excluding carboxylic acids is 1. The molecule has 0 spiro atoms. The first-order valence-corrected chi connectivity index (χ1v) is 9.16. The first-order chi connectivity index (χ1) is 12.6. The van der Waals surface area contributed by atoms with Crippen LogP contribution in [-0.2, 0) is 11.2 Å². The number of ketones is 1. The van der Waals surface area contributed by atoms with Crippen LogP contribution in [0.25, 0.3) is 6.08 Å². The van der Waals surface area contributed by atoms with Gasteiger partial charge in [0.1, 0.15) is 0 Å². The summed E-state index contributed by atoms with van der Waals surface area (Å²) in [7, 11) is 0. The lowest BCUT2D eigenvalue weighted by atomic mass is 9.82. The molecule has 0 radical (unpaired) electrons. The van der Waals surface area contributed by atoms with Gasteiger partial charge in [-0.1, -0.05) is 43.2 Å². The summed E-state index contributed by atoms with van der Waals surface area (Å²) in [6.45, 7) is 0. The number of nitro benzene ring substituents is 1. The third kappa shape index (κ3) is 4.66. The zero-order valence-electron chi connectivity index (χ0n) is 14.8. The average molecular weight is 349 g/mol. The fourth-order valence-electron chi connectivity index (χ4n) is 3.53. The van der Waals surface area contributed by atoms with E-state index in [2.05, 4.69) is 12.1 Å². The molecule has 0 aromatic heterocycles. The molecule has 1 aliphatic carbocycles. The molecule has 1 saturated carbocycles. The Balaban J connectivity index is 1.81. The maximum absolute atomic E-state index is 13.1. The summed E-state index contributed by atoms with van der Waals surface area (Å²) in [5.74, 6) is 0.244. The average Bonchev–Trinajstić information content (AvgIpc) is 2.65. The van der Waals surface area contributed by atoms with Gasteiger partial charge in [-0.15, -0.1) is 0 Å². The van der Waals surface area contributed by atoms with E-state index in [9.17, 15) is 14.9 Å². The molecule has 1 fully saturated rings. The van der Waals surface area contributed by atoms with Crippen molar-refractivity contribution < 1.29 is 9.72 Å². The Hall–Kier alpha value is -2.75. The Morgan fingerprint density at radius 3 is 2.42 bits per heavy atom. The lowest BCUT2D eigenvalue weighted by Crippen LogP contribution is -2.21. The quantitative estimate of drug-likeness (QED) is 0.423. The molecule has 0 N–H and O–H groups in total. The highest BCUT2D eigenvalue weighted by Gasteiger charge is 2.24. The minimum absolute atomic E-state index is 0.0157. The second-order valence-electron chi connectivity index (χ2n) is 6.87. The molecule has 0 saturated heterocycles. The van der Waals surface area contributed by atoms with E-state index in [1.165, 1.54) is 17.7 Å². The Morgan fingerprint density at radius 2 is 1.73 bits per heavy atom. The van der Waals surface area contributed by atoms with Gasteiger partial charge in [0.2, 0.25) is 0 Å². The number of nitro groups is 1. The van der Waals surface area contributed by atoms with Crippen LogP contribution < -0.4 is 0 Å². The van der Waals surface area contributed by atoms with Gasteiger partial charge in [0, 0.05) is 18.1 Å². The highest BCUT2D eigenvalue weighted by molar-refractivity contribution is 6.01. The molecule has 1 atom stereocenters. The zero-order valence-corrected chi connectivity index (χ0v) is 14.8. The van der Waals surface area contributed by atoms with Crippen molar-refractivity contribution in [3.8, 4) is 0 Å². The molecule has 26 heavy (non-hydrogen) atoms. The van der Waals surface area contributed by atoms with E-state index >= 15 is 0 Å². The van der Waals surface area contributed by atoms with E-state index in [-0.39, 0.29) is 17.4 Å². The lowest BCUT2D eigenvalue weighted by molar-refractivity contribution is -0.384.